The van der Waals surface area contributed by atoms with Gasteiger partial charge in [-0.3, -0.25) is 0 Å². The fraction of sp³-hybridized carbons (Fsp3) is 0.951. The predicted octanol–water partition coefficient (Wildman–Crippen LogP) is 12.0. The van der Waals surface area contributed by atoms with Crippen molar-refractivity contribution >= 4 is 8.32 Å². The highest BCUT2D eigenvalue weighted by Crippen LogP contribution is 2.37. The molecule has 0 aromatic rings. The number of hydrogen-bond acceptors (Lipinski definition) is 6. The highest BCUT2D eigenvalue weighted by atomic mass is 28.4. The lowest BCUT2D eigenvalue weighted by atomic mass is 9.98. The van der Waals surface area contributed by atoms with Gasteiger partial charge in [-0.1, -0.05) is 169 Å². The molecule has 1 rings (SSSR count). The Morgan fingerprint density at radius 3 is 1.42 bits per heavy atom. The first kappa shape index (κ1) is 45.6. The summed E-state index contributed by atoms with van der Waals surface area (Å²) in [5.41, 5.74) is 0. The predicted molar refractivity (Wildman–Crippen MR) is 206 cm³/mol. The van der Waals surface area contributed by atoms with Crippen LogP contribution in [-0.4, -0.2) is 64.0 Å². The van der Waals surface area contributed by atoms with Crippen LogP contribution in [-0.2, 0) is 23.4 Å². The maximum absolute atomic E-state index is 11.6. The maximum atomic E-state index is 11.6. The topological polar surface area (TPSA) is 66.4 Å². The van der Waals surface area contributed by atoms with Gasteiger partial charge >= 0.3 is 0 Å². The smallest absolute Gasteiger partial charge is 0.228 e. The summed E-state index contributed by atoms with van der Waals surface area (Å²) in [6.45, 7) is 19.2. The van der Waals surface area contributed by atoms with E-state index in [0.29, 0.717) is 19.8 Å². The Morgan fingerprint density at radius 1 is 0.625 bits per heavy atom. The molecular weight excluding hydrogens is 617 g/mol. The molecule has 1 N–H and O–H groups in total. The number of rotatable bonds is 31. The molecule has 48 heavy (non-hydrogen) atoms. The minimum Gasteiger partial charge on any atom is -0.470 e. The standard InChI is InChI=1S/C41H82O6Si/c1-9-12-14-16-18-20-22-23-25-27-29-31-34-44-39-38(43-33-30-28-26-24-21-19-17-15-13-10-2)37(42)36(47-40(39)45-32-11-3)35-46-48(7,8)41(4,5)6/h11,32,36-40,42H,9-10,12-31,33-35H2,1-8H3/b32-11+/t36-,37-,38+,39-,40+/m1/s1. The molecule has 1 aliphatic heterocycles. The highest BCUT2D eigenvalue weighted by Gasteiger charge is 2.49. The molecule has 0 spiro atoms. The van der Waals surface area contributed by atoms with Crippen LogP contribution in [0.15, 0.2) is 12.3 Å². The summed E-state index contributed by atoms with van der Waals surface area (Å²) >= 11 is 0. The third-order valence-corrected chi connectivity index (χ3v) is 15.0. The Balaban J connectivity index is 2.67. The van der Waals surface area contributed by atoms with Crippen LogP contribution in [0.5, 0.6) is 0 Å². The Bertz CT molecular complexity index is 754. The first-order chi connectivity index (χ1) is 23.1. The molecule has 1 aliphatic rings. The van der Waals surface area contributed by atoms with Crippen LogP contribution in [0.3, 0.4) is 0 Å². The third kappa shape index (κ3) is 20.4. The third-order valence-electron chi connectivity index (χ3n) is 10.5. The van der Waals surface area contributed by atoms with Crippen molar-refractivity contribution in [1.82, 2.24) is 0 Å². The summed E-state index contributed by atoms with van der Waals surface area (Å²) in [6.07, 6.45) is 28.9. The average Bonchev–Trinajstić information content (AvgIpc) is 3.05. The molecule has 0 amide bonds. The van der Waals surface area contributed by atoms with Gasteiger partial charge in [0.15, 0.2) is 8.32 Å². The first-order valence-corrected chi connectivity index (χ1v) is 23.5. The van der Waals surface area contributed by atoms with Gasteiger partial charge in [-0.05, 0) is 37.9 Å². The minimum atomic E-state index is -2.03. The molecule has 0 unspecified atom stereocenters. The van der Waals surface area contributed by atoms with Gasteiger partial charge in [0.2, 0.25) is 6.29 Å². The lowest BCUT2D eigenvalue weighted by Gasteiger charge is -2.45. The van der Waals surface area contributed by atoms with Gasteiger partial charge in [-0.15, -0.1) is 0 Å². The molecule has 1 fully saturated rings. The van der Waals surface area contributed by atoms with E-state index in [9.17, 15) is 5.11 Å². The molecule has 0 aliphatic carbocycles. The molecule has 286 valence electrons. The molecule has 6 nitrogen and oxygen atoms in total. The Labute approximate surface area is 300 Å². The number of aliphatic hydroxyl groups is 1. The second kappa shape index (κ2) is 28.2. The monoisotopic (exact) mass is 699 g/mol. The number of unbranched alkanes of at least 4 members (excludes halogenated alkanes) is 20. The van der Waals surface area contributed by atoms with Gasteiger partial charge < -0.3 is 28.5 Å². The van der Waals surface area contributed by atoms with Crippen LogP contribution < -0.4 is 0 Å². The molecule has 7 heteroatoms. The van der Waals surface area contributed by atoms with E-state index in [0.717, 1.165) is 25.7 Å². The zero-order valence-electron chi connectivity index (χ0n) is 33.2. The van der Waals surface area contributed by atoms with Crippen molar-refractivity contribution in [1.29, 1.82) is 0 Å². The van der Waals surface area contributed by atoms with E-state index in [4.69, 9.17) is 23.4 Å². The van der Waals surface area contributed by atoms with Crippen molar-refractivity contribution in [2.45, 2.75) is 232 Å². The summed E-state index contributed by atoms with van der Waals surface area (Å²) in [5, 5.41) is 11.7. The van der Waals surface area contributed by atoms with E-state index in [1.807, 2.05) is 13.0 Å². The molecule has 0 radical (unpaired) electrons. The maximum Gasteiger partial charge on any atom is 0.228 e. The van der Waals surface area contributed by atoms with Crippen molar-refractivity contribution in [3.05, 3.63) is 12.3 Å². The summed E-state index contributed by atoms with van der Waals surface area (Å²) in [6, 6.07) is 0. The molecule has 1 heterocycles. The van der Waals surface area contributed by atoms with Gasteiger partial charge in [0.1, 0.15) is 24.4 Å². The van der Waals surface area contributed by atoms with E-state index in [1.54, 1.807) is 6.26 Å². The quantitative estimate of drug-likeness (QED) is 0.0442. The van der Waals surface area contributed by atoms with Gasteiger partial charge in [-0.25, -0.2) is 0 Å². The van der Waals surface area contributed by atoms with Crippen LogP contribution in [0.4, 0.5) is 0 Å². The summed E-state index contributed by atoms with van der Waals surface area (Å²) < 4.78 is 31.9. The molecular formula is C41H82O6Si. The van der Waals surface area contributed by atoms with Crippen molar-refractivity contribution < 1.29 is 28.5 Å². The van der Waals surface area contributed by atoms with Crippen LogP contribution in [0.25, 0.3) is 0 Å². The summed E-state index contributed by atoms with van der Waals surface area (Å²) in [7, 11) is -2.03. The number of aliphatic hydroxyl groups excluding tert-OH is 1. The first-order valence-electron chi connectivity index (χ1n) is 20.6. The fourth-order valence-corrected chi connectivity index (χ4v) is 7.15. The summed E-state index contributed by atoms with van der Waals surface area (Å²) in [5.74, 6) is 0. The van der Waals surface area contributed by atoms with Crippen molar-refractivity contribution in [3.63, 3.8) is 0 Å². The van der Waals surface area contributed by atoms with Gasteiger partial charge in [0.25, 0.3) is 0 Å². The average molecular weight is 699 g/mol. The Kier molecular flexibility index (Phi) is 26.8. The molecule has 0 aromatic carbocycles. The van der Waals surface area contributed by atoms with E-state index >= 15 is 0 Å². The van der Waals surface area contributed by atoms with E-state index in [2.05, 4.69) is 47.7 Å². The molecule has 0 bridgehead atoms. The second-order valence-electron chi connectivity index (χ2n) is 16.0. The van der Waals surface area contributed by atoms with Crippen LogP contribution in [0.2, 0.25) is 18.1 Å². The van der Waals surface area contributed by atoms with Crippen molar-refractivity contribution in [2.24, 2.45) is 0 Å². The molecule has 1 saturated heterocycles. The Morgan fingerprint density at radius 2 is 1.02 bits per heavy atom. The zero-order valence-corrected chi connectivity index (χ0v) is 34.2. The lowest BCUT2D eigenvalue weighted by molar-refractivity contribution is -0.304. The number of allylic oxidation sites excluding steroid dienone is 1. The molecule has 0 saturated carbocycles. The van der Waals surface area contributed by atoms with E-state index in [1.165, 1.54) is 116 Å². The fourth-order valence-electron chi connectivity index (χ4n) is 6.14. The largest absolute Gasteiger partial charge is 0.470 e. The minimum absolute atomic E-state index is 0.0682. The Hall–Kier alpha value is -0.443. The van der Waals surface area contributed by atoms with Gasteiger partial charge in [-0.2, -0.15) is 0 Å². The van der Waals surface area contributed by atoms with Crippen LogP contribution in [0, 0.1) is 0 Å². The van der Waals surface area contributed by atoms with Crippen LogP contribution in [0.1, 0.15) is 183 Å². The van der Waals surface area contributed by atoms with Crippen molar-refractivity contribution in [3.8, 4) is 0 Å². The zero-order chi connectivity index (χ0) is 35.5. The normalized spacial score (nSPS) is 22.1. The number of ether oxygens (including phenoxy) is 4. The van der Waals surface area contributed by atoms with Crippen LogP contribution >= 0.6 is 0 Å². The van der Waals surface area contributed by atoms with Gasteiger partial charge in [0.05, 0.1) is 12.9 Å². The van der Waals surface area contributed by atoms with E-state index < -0.39 is 39.0 Å². The molecule has 5 atom stereocenters. The highest BCUT2D eigenvalue weighted by molar-refractivity contribution is 6.74. The van der Waals surface area contributed by atoms with E-state index in [-0.39, 0.29) is 5.04 Å². The summed E-state index contributed by atoms with van der Waals surface area (Å²) in [4.78, 5) is 0. The van der Waals surface area contributed by atoms with Gasteiger partial charge in [0, 0.05) is 13.2 Å². The number of hydrogen-bond donors (Lipinski definition) is 1. The molecule has 0 aromatic heterocycles. The second-order valence-corrected chi connectivity index (χ2v) is 20.8. The lowest BCUT2D eigenvalue weighted by Crippen LogP contribution is -2.61. The SMILES string of the molecule is C/C=C/O[C@H]1O[C@H](CO[Si](C)(C)C(C)(C)C)[C@@H](O)[C@H](OCCCCCCCCCCCC)[C@H]1OCCCCCCCCCCCCCC. The van der Waals surface area contributed by atoms with Crippen molar-refractivity contribution in [2.75, 3.05) is 19.8 Å².